The van der Waals surface area contributed by atoms with E-state index in [-0.39, 0.29) is 6.61 Å². The van der Waals surface area contributed by atoms with Gasteiger partial charge in [-0.25, -0.2) is 0 Å². The summed E-state index contributed by atoms with van der Waals surface area (Å²) in [4.78, 5) is 0. The number of nitrogens with zero attached hydrogens (tertiary/aromatic N) is 1. The number of aliphatic hydroxyl groups is 1. The van der Waals surface area contributed by atoms with Crippen LogP contribution in [0.2, 0.25) is 0 Å². The summed E-state index contributed by atoms with van der Waals surface area (Å²) >= 11 is 0. The van der Waals surface area contributed by atoms with Crippen molar-refractivity contribution in [3.8, 4) is 17.0 Å². The summed E-state index contributed by atoms with van der Waals surface area (Å²) in [6.07, 6.45) is 0. The molecule has 0 aliphatic rings. The summed E-state index contributed by atoms with van der Waals surface area (Å²) in [5, 5.41) is 13.5. The third-order valence-electron chi connectivity index (χ3n) is 3.22. The minimum atomic E-state index is -0.0730. The molecule has 0 unspecified atom stereocenters. The Balaban J connectivity index is 2.53. The summed E-state index contributed by atoms with van der Waals surface area (Å²) in [6.45, 7) is 8.34. The number of aryl methyl sites for hydroxylation is 3. The summed E-state index contributed by atoms with van der Waals surface area (Å²) < 4.78 is 10.7. The van der Waals surface area contributed by atoms with Crippen LogP contribution in [0.15, 0.2) is 16.7 Å². The smallest absolute Gasteiger partial charge is 0.139 e. The van der Waals surface area contributed by atoms with E-state index < -0.39 is 0 Å². The average Bonchev–Trinajstić information content (AvgIpc) is 2.74. The van der Waals surface area contributed by atoms with Crippen LogP contribution in [0.3, 0.4) is 0 Å². The van der Waals surface area contributed by atoms with Crippen LogP contribution >= 0.6 is 0 Å². The molecule has 0 aliphatic carbocycles. The van der Waals surface area contributed by atoms with Gasteiger partial charge in [0.2, 0.25) is 0 Å². The first kappa shape index (κ1) is 13.6. The Morgan fingerprint density at radius 1 is 1.21 bits per heavy atom. The molecule has 1 heterocycles. The predicted molar refractivity (Wildman–Crippen MR) is 73.2 cm³/mol. The normalized spacial score (nSPS) is 10.8. The molecule has 2 aromatic rings. The highest BCUT2D eigenvalue weighted by Gasteiger charge is 2.17. The van der Waals surface area contributed by atoms with Gasteiger partial charge >= 0.3 is 0 Å². The van der Waals surface area contributed by atoms with E-state index in [1.807, 2.05) is 32.9 Å². The number of ether oxygens (including phenoxy) is 1. The van der Waals surface area contributed by atoms with E-state index in [4.69, 9.17) is 9.26 Å². The molecule has 102 valence electrons. The van der Waals surface area contributed by atoms with E-state index in [1.165, 1.54) is 0 Å². The first-order valence-corrected chi connectivity index (χ1v) is 6.38. The molecule has 1 N–H and O–H groups in total. The van der Waals surface area contributed by atoms with Crippen molar-refractivity contribution in [1.29, 1.82) is 0 Å². The summed E-state index contributed by atoms with van der Waals surface area (Å²) in [5.41, 5.74) is 4.53. The molecule has 0 amide bonds. The van der Waals surface area contributed by atoms with Gasteiger partial charge in [0.05, 0.1) is 13.2 Å². The highest BCUT2D eigenvalue weighted by atomic mass is 16.5. The van der Waals surface area contributed by atoms with E-state index >= 15 is 0 Å². The van der Waals surface area contributed by atoms with Crippen LogP contribution in [0.25, 0.3) is 11.3 Å². The zero-order chi connectivity index (χ0) is 14.0. The number of rotatable bonds is 4. The van der Waals surface area contributed by atoms with Gasteiger partial charge in [0.1, 0.15) is 17.2 Å². The lowest BCUT2D eigenvalue weighted by molar-refractivity contribution is 0.278. The third-order valence-corrected chi connectivity index (χ3v) is 3.22. The van der Waals surface area contributed by atoms with Crippen LogP contribution in [-0.2, 0) is 6.61 Å². The van der Waals surface area contributed by atoms with E-state index in [0.29, 0.717) is 18.1 Å². The van der Waals surface area contributed by atoms with Gasteiger partial charge in [0, 0.05) is 11.1 Å². The second-order valence-corrected chi connectivity index (χ2v) is 4.59. The monoisotopic (exact) mass is 261 g/mol. The van der Waals surface area contributed by atoms with Crippen molar-refractivity contribution in [3.05, 3.63) is 34.6 Å². The molecule has 1 aromatic carbocycles. The maximum atomic E-state index is 9.42. The van der Waals surface area contributed by atoms with Crippen molar-refractivity contribution in [2.45, 2.75) is 34.3 Å². The minimum Gasteiger partial charge on any atom is -0.494 e. The molecule has 0 saturated carbocycles. The molecule has 0 bridgehead atoms. The number of aromatic nitrogens is 1. The fraction of sp³-hybridized carbons (Fsp3) is 0.400. The van der Waals surface area contributed by atoms with Gasteiger partial charge in [-0.05, 0) is 51.0 Å². The molecule has 1 aromatic heterocycles. The fourth-order valence-corrected chi connectivity index (χ4v) is 2.14. The molecule has 0 fully saturated rings. The van der Waals surface area contributed by atoms with E-state index in [2.05, 4.69) is 5.16 Å². The highest BCUT2D eigenvalue weighted by molar-refractivity contribution is 5.69. The molecule has 0 radical (unpaired) electrons. The van der Waals surface area contributed by atoms with E-state index in [9.17, 15) is 5.11 Å². The Bertz CT molecular complexity index is 587. The standard InChI is InChI=1S/C15H19NO3/c1-5-18-14-7-9(2)12(6-10(14)3)15-13(8-17)11(4)19-16-15/h6-7,17H,5,8H2,1-4H3. The Hall–Kier alpha value is -1.81. The molecule has 4 heteroatoms. The SMILES string of the molecule is CCOc1cc(C)c(-c2noc(C)c2CO)cc1C. The molecular weight excluding hydrogens is 242 g/mol. The maximum Gasteiger partial charge on any atom is 0.139 e. The second kappa shape index (κ2) is 5.45. The summed E-state index contributed by atoms with van der Waals surface area (Å²) in [5.74, 6) is 1.54. The van der Waals surface area contributed by atoms with Gasteiger partial charge in [-0.15, -0.1) is 0 Å². The van der Waals surface area contributed by atoms with Crippen molar-refractivity contribution in [3.63, 3.8) is 0 Å². The van der Waals surface area contributed by atoms with Crippen molar-refractivity contribution in [1.82, 2.24) is 5.16 Å². The van der Waals surface area contributed by atoms with Gasteiger partial charge in [0.15, 0.2) is 0 Å². The van der Waals surface area contributed by atoms with Gasteiger partial charge < -0.3 is 14.4 Å². The average molecular weight is 261 g/mol. The Kier molecular flexibility index (Phi) is 3.90. The van der Waals surface area contributed by atoms with E-state index in [1.54, 1.807) is 6.92 Å². The zero-order valence-corrected chi connectivity index (χ0v) is 11.8. The Morgan fingerprint density at radius 2 is 1.95 bits per heavy atom. The van der Waals surface area contributed by atoms with Crippen LogP contribution < -0.4 is 4.74 Å². The van der Waals surface area contributed by atoms with Crippen LogP contribution in [0.4, 0.5) is 0 Å². The second-order valence-electron chi connectivity index (χ2n) is 4.59. The number of benzene rings is 1. The summed E-state index contributed by atoms with van der Waals surface area (Å²) in [7, 11) is 0. The lowest BCUT2D eigenvalue weighted by atomic mass is 9.99. The largest absolute Gasteiger partial charge is 0.494 e. The predicted octanol–water partition coefficient (Wildman–Crippen LogP) is 3.16. The first-order valence-electron chi connectivity index (χ1n) is 6.38. The van der Waals surface area contributed by atoms with Crippen molar-refractivity contribution in [2.75, 3.05) is 6.61 Å². The van der Waals surface area contributed by atoms with Gasteiger partial charge in [0.25, 0.3) is 0 Å². The van der Waals surface area contributed by atoms with Crippen LogP contribution in [0.1, 0.15) is 29.4 Å². The zero-order valence-electron chi connectivity index (χ0n) is 11.8. The molecule has 0 atom stereocenters. The number of aliphatic hydroxyl groups excluding tert-OH is 1. The molecule has 0 saturated heterocycles. The summed E-state index contributed by atoms with van der Waals surface area (Å²) in [6, 6.07) is 4.02. The fourth-order valence-electron chi connectivity index (χ4n) is 2.14. The highest BCUT2D eigenvalue weighted by Crippen LogP contribution is 2.32. The van der Waals surface area contributed by atoms with Crippen molar-refractivity contribution >= 4 is 0 Å². The molecule has 2 rings (SSSR count). The molecule has 19 heavy (non-hydrogen) atoms. The van der Waals surface area contributed by atoms with Crippen LogP contribution in [0.5, 0.6) is 5.75 Å². The topological polar surface area (TPSA) is 55.5 Å². The van der Waals surface area contributed by atoms with E-state index in [0.717, 1.165) is 28.0 Å². The molecule has 0 spiro atoms. The van der Waals surface area contributed by atoms with Gasteiger partial charge in [-0.3, -0.25) is 0 Å². The molecule has 4 nitrogen and oxygen atoms in total. The number of hydrogen-bond donors (Lipinski definition) is 1. The van der Waals surface area contributed by atoms with Gasteiger partial charge in [-0.1, -0.05) is 5.16 Å². The van der Waals surface area contributed by atoms with Crippen molar-refractivity contribution < 1.29 is 14.4 Å². The van der Waals surface area contributed by atoms with Gasteiger partial charge in [-0.2, -0.15) is 0 Å². The Labute approximate surface area is 113 Å². The lowest BCUT2D eigenvalue weighted by Gasteiger charge is -2.11. The first-order chi connectivity index (χ1) is 9.08. The Morgan fingerprint density at radius 3 is 2.58 bits per heavy atom. The van der Waals surface area contributed by atoms with Crippen molar-refractivity contribution in [2.24, 2.45) is 0 Å². The minimum absolute atomic E-state index is 0.0730. The van der Waals surface area contributed by atoms with Crippen LogP contribution in [0, 0.1) is 20.8 Å². The third kappa shape index (κ3) is 2.49. The quantitative estimate of drug-likeness (QED) is 0.918. The maximum absolute atomic E-state index is 9.42. The van der Waals surface area contributed by atoms with Crippen LogP contribution in [-0.4, -0.2) is 16.9 Å². The lowest BCUT2D eigenvalue weighted by Crippen LogP contribution is -1.97. The molecule has 0 aliphatic heterocycles. The number of hydrogen-bond acceptors (Lipinski definition) is 4. The molecular formula is C15H19NO3.